The molecule has 102 valence electrons. The average Bonchev–Trinajstić information content (AvgIpc) is 2.38. The second-order valence-electron chi connectivity index (χ2n) is 4.16. The predicted molar refractivity (Wildman–Crippen MR) is 63.3 cm³/mol. The van der Waals surface area contributed by atoms with Crippen LogP contribution in [0.3, 0.4) is 0 Å². The van der Waals surface area contributed by atoms with Gasteiger partial charge in [0.1, 0.15) is 5.82 Å². The second-order valence-corrected chi connectivity index (χ2v) is 4.16. The molecule has 1 aliphatic heterocycles. The molecule has 0 radical (unpaired) electrons. The first-order valence-corrected chi connectivity index (χ1v) is 5.65. The van der Waals surface area contributed by atoms with Crippen LogP contribution in [0.1, 0.15) is 12.0 Å². The summed E-state index contributed by atoms with van der Waals surface area (Å²) in [7, 11) is 0. The molecule has 1 aromatic rings. The van der Waals surface area contributed by atoms with Gasteiger partial charge in [-0.2, -0.15) is 13.2 Å². The van der Waals surface area contributed by atoms with E-state index >= 15 is 0 Å². The fraction of sp³-hybridized carbons (Fsp3) is 0.333. The number of pyridine rings is 1. The van der Waals surface area contributed by atoms with Crippen LogP contribution in [0.15, 0.2) is 30.0 Å². The fourth-order valence-corrected chi connectivity index (χ4v) is 1.96. The van der Waals surface area contributed by atoms with Crippen molar-refractivity contribution in [3.05, 3.63) is 35.5 Å². The normalized spacial score (nSPS) is 16.2. The van der Waals surface area contributed by atoms with E-state index in [1.165, 1.54) is 17.2 Å². The van der Waals surface area contributed by atoms with E-state index < -0.39 is 17.6 Å². The number of nitrogens with two attached hydrogens (primary N) is 1. The number of nitrogens with zero attached hydrogens (tertiary/aromatic N) is 2. The number of carbonyl (C=O) groups excluding carboxylic acids is 1. The fourth-order valence-electron chi connectivity index (χ4n) is 1.96. The molecule has 0 atom stereocenters. The van der Waals surface area contributed by atoms with Gasteiger partial charge in [-0.25, -0.2) is 4.98 Å². The van der Waals surface area contributed by atoms with Gasteiger partial charge in [-0.15, -0.1) is 0 Å². The molecule has 0 bridgehead atoms. The average molecular weight is 271 g/mol. The summed E-state index contributed by atoms with van der Waals surface area (Å²) in [6.45, 7) is 0.479. The Balaban J connectivity index is 2.28. The summed E-state index contributed by atoms with van der Waals surface area (Å²) in [5, 5.41) is 0. The highest BCUT2D eigenvalue weighted by atomic mass is 19.4. The standard InChI is InChI=1S/C12H12F3N3O/c13-12(14,15)9-2-1-5-17-11(9)18-6-3-8(4-7-18)10(16)19/h1-3,5H,4,6-7H2,(H2,16,19). The van der Waals surface area contributed by atoms with Crippen molar-refractivity contribution < 1.29 is 18.0 Å². The Bertz CT molecular complexity index is 525. The van der Waals surface area contributed by atoms with Gasteiger partial charge >= 0.3 is 6.18 Å². The summed E-state index contributed by atoms with van der Waals surface area (Å²) in [6, 6.07) is 2.25. The molecule has 2 heterocycles. The summed E-state index contributed by atoms with van der Waals surface area (Å²) >= 11 is 0. The zero-order valence-corrected chi connectivity index (χ0v) is 9.94. The Morgan fingerprint density at radius 1 is 1.42 bits per heavy atom. The Labute approximate surface area is 107 Å². The predicted octanol–water partition coefficient (Wildman–Crippen LogP) is 1.72. The van der Waals surface area contributed by atoms with Gasteiger partial charge in [0.25, 0.3) is 0 Å². The number of rotatable bonds is 2. The van der Waals surface area contributed by atoms with Crippen LogP contribution < -0.4 is 10.6 Å². The van der Waals surface area contributed by atoms with Gasteiger partial charge in [0.2, 0.25) is 5.91 Å². The third-order valence-electron chi connectivity index (χ3n) is 2.92. The van der Waals surface area contributed by atoms with Crippen molar-refractivity contribution in [3.8, 4) is 0 Å². The van der Waals surface area contributed by atoms with E-state index in [1.54, 1.807) is 6.08 Å². The van der Waals surface area contributed by atoms with Crippen LogP contribution in [0.4, 0.5) is 19.0 Å². The lowest BCUT2D eigenvalue weighted by Crippen LogP contribution is -2.33. The lowest BCUT2D eigenvalue weighted by Gasteiger charge is -2.28. The SMILES string of the molecule is NC(=O)C1=CCN(c2ncccc2C(F)(F)F)CC1. The van der Waals surface area contributed by atoms with E-state index in [2.05, 4.69) is 4.98 Å². The van der Waals surface area contributed by atoms with Crippen LogP contribution in [0.2, 0.25) is 0 Å². The number of aromatic nitrogens is 1. The molecule has 4 nitrogen and oxygen atoms in total. The minimum Gasteiger partial charge on any atom is -0.366 e. The Kier molecular flexibility index (Phi) is 3.46. The number of amides is 1. The number of anilines is 1. The monoisotopic (exact) mass is 271 g/mol. The quantitative estimate of drug-likeness (QED) is 0.891. The molecule has 0 saturated carbocycles. The van der Waals surface area contributed by atoms with E-state index in [1.807, 2.05) is 0 Å². The lowest BCUT2D eigenvalue weighted by molar-refractivity contribution is -0.137. The van der Waals surface area contributed by atoms with Crippen molar-refractivity contribution >= 4 is 11.7 Å². The first-order chi connectivity index (χ1) is 8.89. The summed E-state index contributed by atoms with van der Waals surface area (Å²) in [5.74, 6) is -0.647. The summed E-state index contributed by atoms with van der Waals surface area (Å²) < 4.78 is 38.6. The maximum Gasteiger partial charge on any atom is 0.419 e. The van der Waals surface area contributed by atoms with E-state index in [9.17, 15) is 18.0 Å². The first-order valence-electron chi connectivity index (χ1n) is 5.65. The molecule has 19 heavy (non-hydrogen) atoms. The maximum absolute atomic E-state index is 12.9. The van der Waals surface area contributed by atoms with Crippen molar-refractivity contribution in [2.24, 2.45) is 5.73 Å². The summed E-state index contributed by atoms with van der Waals surface area (Å²) in [6.07, 6.45) is -1.26. The van der Waals surface area contributed by atoms with Gasteiger partial charge in [0, 0.05) is 24.9 Å². The minimum absolute atomic E-state index is 0.116. The molecule has 2 N–H and O–H groups in total. The van der Waals surface area contributed by atoms with Crippen molar-refractivity contribution in [2.75, 3.05) is 18.0 Å². The van der Waals surface area contributed by atoms with Gasteiger partial charge in [0.05, 0.1) is 5.56 Å². The third-order valence-corrected chi connectivity index (χ3v) is 2.92. The zero-order chi connectivity index (χ0) is 14.0. The molecule has 1 amide bonds. The molecule has 0 saturated heterocycles. The number of alkyl halides is 3. The van der Waals surface area contributed by atoms with Crippen LogP contribution in [-0.2, 0) is 11.0 Å². The van der Waals surface area contributed by atoms with Crippen molar-refractivity contribution in [1.29, 1.82) is 0 Å². The van der Waals surface area contributed by atoms with Gasteiger partial charge in [0.15, 0.2) is 0 Å². The Morgan fingerprint density at radius 3 is 2.68 bits per heavy atom. The molecule has 0 unspecified atom stereocenters. The Hall–Kier alpha value is -2.05. The molecule has 7 heteroatoms. The van der Waals surface area contributed by atoms with Gasteiger partial charge < -0.3 is 10.6 Å². The van der Waals surface area contributed by atoms with Gasteiger partial charge in [-0.05, 0) is 18.6 Å². The van der Waals surface area contributed by atoms with E-state index in [-0.39, 0.29) is 18.9 Å². The highest BCUT2D eigenvalue weighted by Gasteiger charge is 2.35. The van der Waals surface area contributed by atoms with E-state index in [0.717, 1.165) is 6.07 Å². The van der Waals surface area contributed by atoms with Crippen LogP contribution in [-0.4, -0.2) is 24.0 Å². The largest absolute Gasteiger partial charge is 0.419 e. The highest BCUT2D eigenvalue weighted by Crippen LogP contribution is 2.35. The molecule has 0 spiro atoms. The topological polar surface area (TPSA) is 59.2 Å². The zero-order valence-electron chi connectivity index (χ0n) is 9.94. The molecule has 0 aromatic carbocycles. The molecule has 0 fully saturated rings. The number of hydrogen-bond donors (Lipinski definition) is 1. The van der Waals surface area contributed by atoms with Crippen LogP contribution >= 0.6 is 0 Å². The molecule has 1 aliphatic rings. The van der Waals surface area contributed by atoms with Crippen LogP contribution in [0.25, 0.3) is 0 Å². The van der Waals surface area contributed by atoms with E-state index in [4.69, 9.17) is 5.73 Å². The second kappa shape index (κ2) is 4.91. The third kappa shape index (κ3) is 2.86. The molecule has 2 rings (SSSR count). The summed E-state index contributed by atoms with van der Waals surface area (Å²) in [5.41, 5.74) is 4.80. The van der Waals surface area contributed by atoms with Crippen molar-refractivity contribution in [1.82, 2.24) is 4.98 Å². The smallest absolute Gasteiger partial charge is 0.366 e. The first kappa shape index (κ1) is 13.4. The van der Waals surface area contributed by atoms with Crippen molar-refractivity contribution in [3.63, 3.8) is 0 Å². The minimum atomic E-state index is -4.45. The molecular formula is C12H12F3N3O. The van der Waals surface area contributed by atoms with Gasteiger partial charge in [-0.1, -0.05) is 6.08 Å². The number of halogens is 3. The molecular weight excluding hydrogens is 259 g/mol. The number of hydrogen-bond acceptors (Lipinski definition) is 3. The number of primary amides is 1. The van der Waals surface area contributed by atoms with Gasteiger partial charge in [-0.3, -0.25) is 4.79 Å². The maximum atomic E-state index is 12.9. The van der Waals surface area contributed by atoms with Crippen LogP contribution in [0, 0.1) is 0 Å². The highest BCUT2D eigenvalue weighted by molar-refractivity contribution is 5.92. The Morgan fingerprint density at radius 2 is 2.16 bits per heavy atom. The molecule has 1 aromatic heterocycles. The molecule has 0 aliphatic carbocycles. The number of carbonyl (C=O) groups is 1. The lowest BCUT2D eigenvalue weighted by atomic mass is 10.1. The summed E-state index contributed by atoms with van der Waals surface area (Å²) in [4.78, 5) is 16.2. The van der Waals surface area contributed by atoms with Crippen molar-refractivity contribution in [2.45, 2.75) is 12.6 Å². The van der Waals surface area contributed by atoms with E-state index in [0.29, 0.717) is 12.0 Å². The van der Waals surface area contributed by atoms with Crippen LogP contribution in [0.5, 0.6) is 0 Å².